The first-order valence-electron chi connectivity index (χ1n) is 7.44. The van der Waals surface area contributed by atoms with E-state index in [1.807, 2.05) is 37.3 Å². The van der Waals surface area contributed by atoms with Crippen LogP contribution in [0.1, 0.15) is 51.5 Å². The zero-order valence-electron chi connectivity index (χ0n) is 12.1. The molecule has 2 rings (SSSR count). The summed E-state index contributed by atoms with van der Waals surface area (Å²) in [6.07, 6.45) is 5.61. The van der Waals surface area contributed by atoms with Gasteiger partial charge in [0.05, 0.1) is 5.54 Å². The summed E-state index contributed by atoms with van der Waals surface area (Å²) >= 11 is 0. The Bertz CT molecular complexity index is 416. The Morgan fingerprint density at radius 1 is 1.21 bits per heavy atom. The Hall–Kier alpha value is -1.15. The van der Waals surface area contributed by atoms with Gasteiger partial charge in [-0.2, -0.15) is 0 Å². The van der Waals surface area contributed by atoms with Crippen molar-refractivity contribution >= 4 is 5.78 Å². The normalized spacial score (nSPS) is 26.7. The van der Waals surface area contributed by atoms with Crippen molar-refractivity contribution in [2.45, 2.75) is 51.5 Å². The Morgan fingerprint density at radius 2 is 1.79 bits per heavy atom. The van der Waals surface area contributed by atoms with Crippen LogP contribution in [-0.2, 0) is 10.3 Å². The minimum atomic E-state index is -0.842. The first-order valence-corrected chi connectivity index (χ1v) is 7.44. The molecule has 1 aromatic rings. The van der Waals surface area contributed by atoms with E-state index >= 15 is 0 Å². The molecule has 0 aromatic heterocycles. The van der Waals surface area contributed by atoms with Crippen LogP contribution in [-0.4, -0.2) is 5.78 Å². The van der Waals surface area contributed by atoms with E-state index in [1.54, 1.807) is 0 Å². The lowest BCUT2D eigenvalue weighted by Crippen LogP contribution is -2.46. The third-order valence-electron chi connectivity index (χ3n) is 4.68. The molecule has 104 valence electrons. The number of Topliss-reactive ketones (excluding diaryl/α,β-unsaturated/α-hetero) is 1. The number of carbonyl (C=O) groups excluding carboxylic acids is 1. The summed E-state index contributed by atoms with van der Waals surface area (Å²) < 4.78 is 0. The average Bonchev–Trinajstić information content (AvgIpc) is 2.47. The van der Waals surface area contributed by atoms with Crippen LogP contribution < -0.4 is 5.73 Å². The third-order valence-corrected chi connectivity index (χ3v) is 4.68. The second-order valence-corrected chi connectivity index (χ2v) is 6.06. The highest BCUT2D eigenvalue weighted by Crippen LogP contribution is 2.34. The summed E-state index contributed by atoms with van der Waals surface area (Å²) in [5.41, 5.74) is 6.42. The lowest BCUT2D eigenvalue weighted by atomic mass is 9.73. The van der Waals surface area contributed by atoms with Crippen molar-refractivity contribution in [2.75, 3.05) is 0 Å². The van der Waals surface area contributed by atoms with Gasteiger partial charge in [-0.3, -0.25) is 4.79 Å². The molecule has 0 heterocycles. The Kier molecular flexibility index (Phi) is 4.41. The lowest BCUT2D eigenvalue weighted by Gasteiger charge is -2.33. The Morgan fingerprint density at radius 3 is 2.32 bits per heavy atom. The molecule has 2 heteroatoms. The quantitative estimate of drug-likeness (QED) is 0.897. The summed E-state index contributed by atoms with van der Waals surface area (Å²) in [5, 5.41) is 0. The highest BCUT2D eigenvalue weighted by Gasteiger charge is 2.37. The number of ketones is 1. The maximum Gasteiger partial charge on any atom is 0.159 e. The third kappa shape index (κ3) is 3.06. The van der Waals surface area contributed by atoms with Gasteiger partial charge in [-0.15, -0.1) is 0 Å². The first kappa shape index (κ1) is 14.3. The molecule has 0 amide bonds. The fraction of sp³-hybridized carbons (Fsp3) is 0.588. The molecular weight excluding hydrogens is 234 g/mol. The van der Waals surface area contributed by atoms with Crippen LogP contribution in [0.3, 0.4) is 0 Å². The van der Waals surface area contributed by atoms with E-state index in [1.165, 1.54) is 19.3 Å². The molecule has 1 fully saturated rings. The van der Waals surface area contributed by atoms with Crippen molar-refractivity contribution in [3.8, 4) is 0 Å². The van der Waals surface area contributed by atoms with Crippen LogP contribution in [0.4, 0.5) is 0 Å². The van der Waals surface area contributed by atoms with E-state index in [0.717, 1.165) is 24.3 Å². The summed E-state index contributed by atoms with van der Waals surface area (Å²) in [6, 6.07) is 9.76. The molecule has 0 saturated heterocycles. The van der Waals surface area contributed by atoms with Crippen LogP contribution in [0.15, 0.2) is 30.3 Å². The number of hydrogen-bond donors (Lipinski definition) is 1. The van der Waals surface area contributed by atoms with E-state index < -0.39 is 5.54 Å². The second kappa shape index (κ2) is 5.87. The van der Waals surface area contributed by atoms with E-state index in [9.17, 15) is 4.79 Å². The molecule has 1 unspecified atom stereocenters. The molecular formula is C17H25NO. The van der Waals surface area contributed by atoms with E-state index in [4.69, 9.17) is 5.73 Å². The summed E-state index contributed by atoms with van der Waals surface area (Å²) in [4.78, 5) is 12.7. The zero-order valence-corrected chi connectivity index (χ0v) is 12.1. The number of rotatable bonds is 4. The number of hydrogen-bond acceptors (Lipinski definition) is 2. The molecule has 19 heavy (non-hydrogen) atoms. The van der Waals surface area contributed by atoms with Crippen molar-refractivity contribution in [3.63, 3.8) is 0 Å². The Balaban J connectivity index is 2.07. The fourth-order valence-electron chi connectivity index (χ4n) is 3.18. The molecule has 1 aliphatic carbocycles. The van der Waals surface area contributed by atoms with E-state index in [-0.39, 0.29) is 11.7 Å². The number of nitrogens with two attached hydrogens (primary N) is 1. The van der Waals surface area contributed by atoms with Crippen LogP contribution in [0.5, 0.6) is 0 Å². The first-order chi connectivity index (χ1) is 9.05. The SMILES string of the molecule is CCC1CCC(C(=O)C(C)(N)c2ccccc2)CC1. The minimum absolute atomic E-state index is 0.151. The van der Waals surface area contributed by atoms with Crippen molar-refractivity contribution < 1.29 is 4.79 Å². The van der Waals surface area contributed by atoms with Crippen molar-refractivity contribution in [2.24, 2.45) is 17.6 Å². The molecule has 2 N–H and O–H groups in total. The highest BCUT2D eigenvalue weighted by atomic mass is 16.1. The Labute approximate surface area is 116 Å². The molecule has 0 radical (unpaired) electrons. The molecule has 1 aromatic carbocycles. The minimum Gasteiger partial charge on any atom is -0.315 e. The van der Waals surface area contributed by atoms with E-state index in [0.29, 0.717) is 0 Å². The molecule has 0 spiro atoms. The molecule has 1 saturated carbocycles. The maximum atomic E-state index is 12.7. The topological polar surface area (TPSA) is 43.1 Å². The van der Waals surface area contributed by atoms with E-state index in [2.05, 4.69) is 6.92 Å². The molecule has 0 aliphatic heterocycles. The predicted octanol–water partition coefficient (Wildman–Crippen LogP) is 3.65. The second-order valence-electron chi connectivity index (χ2n) is 6.06. The lowest BCUT2D eigenvalue weighted by molar-refractivity contribution is -0.129. The van der Waals surface area contributed by atoms with Crippen molar-refractivity contribution in [1.82, 2.24) is 0 Å². The molecule has 0 bridgehead atoms. The van der Waals surface area contributed by atoms with Gasteiger partial charge in [0.25, 0.3) is 0 Å². The standard InChI is InChI=1S/C17H25NO/c1-3-13-9-11-14(12-10-13)16(19)17(2,18)15-7-5-4-6-8-15/h4-8,13-14H,3,9-12,18H2,1-2H3. The fourth-order valence-corrected chi connectivity index (χ4v) is 3.18. The van der Waals surface area contributed by atoms with Gasteiger partial charge < -0.3 is 5.73 Å². The summed E-state index contributed by atoms with van der Waals surface area (Å²) in [7, 11) is 0. The number of carbonyl (C=O) groups is 1. The van der Waals surface area contributed by atoms with Gasteiger partial charge in [0.2, 0.25) is 0 Å². The molecule has 1 atom stereocenters. The van der Waals surface area contributed by atoms with Crippen molar-refractivity contribution in [1.29, 1.82) is 0 Å². The zero-order chi connectivity index (χ0) is 13.9. The van der Waals surface area contributed by atoms with Gasteiger partial charge in [-0.05, 0) is 44.1 Å². The van der Waals surface area contributed by atoms with Gasteiger partial charge in [0, 0.05) is 5.92 Å². The van der Waals surface area contributed by atoms with Gasteiger partial charge >= 0.3 is 0 Å². The summed E-state index contributed by atoms with van der Waals surface area (Å²) in [6.45, 7) is 4.10. The van der Waals surface area contributed by atoms with Gasteiger partial charge in [-0.25, -0.2) is 0 Å². The highest BCUT2D eigenvalue weighted by molar-refractivity contribution is 5.91. The molecule has 2 nitrogen and oxygen atoms in total. The number of benzene rings is 1. The largest absolute Gasteiger partial charge is 0.315 e. The van der Waals surface area contributed by atoms with Gasteiger partial charge in [0.1, 0.15) is 0 Å². The monoisotopic (exact) mass is 259 g/mol. The van der Waals surface area contributed by atoms with Gasteiger partial charge in [0.15, 0.2) is 5.78 Å². The van der Waals surface area contributed by atoms with Crippen molar-refractivity contribution in [3.05, 3.63) is 35.9 Å². The predicted molar refractivity (Wildman–Crippen MR) is 78.7 cm³/mol. The van der Waals surface area contributed by atoms with Crippen LogP contribution in [0.2, 0.25) is 0 Å². The van der Waals surface area contributed by atoms with Crippen LogP contribution in [0, 0.1) is 11.8 Å². The molecule has 1 aliphatic rings. The average molecular weight is 259 g/mol. The van der Waals surface area contributed by atoms with Crippen LogP contribution >= 0.6 is 0 Å². The van der Waals surface area contributed by atoms with Crippen LogP contribution in [0.25, 0.3) is 0 Å². The summed E-state index contributed by atoms with van der Waals surface area (Å²) in [5.74, 6) is 1.18. The maximum absolute atomic E-state index is 12.7. The van der Waals surface area contributed by atoms with Gasteiger partial charge in [-0.1, -0.05) is 43.7 Å². The smallest absolute Gasteiger partial charge is 0.159 e.